The molecule has 0 bridgehead atoms. The summed E-state index contributed by atoms with van der Waals surface area (Å²) in [6.45, 7) is 0.596. The summed E-state index contributed by atoms with van der Waals surface area (Å²) >= 11 is 0. The molecule has 0 unspecified atom stereocenters. The number of rotatable bonds is 7. The van der Waals surface area contributed by atoms with E-state index in [1.165, 1.54) is 0 Å². The van der Waals surface area contributed by atoms with E-state index in [1.54, 1.807) is 6.92 Å². The number of halogens is 3. The second-order valence-electron chi connectivity index (χ2n) is 3.27. The Hall–Kier alpha value is -0.820. The number of hydrogen-bond donors (Lipinski definition) is 1. The second-order valence-corrected chi connectivity index (χ2v) is 3.27. The van der Waals surface area contributed by atoms with Crippen molar-refractivity contribution < 1.29 is 22.7 Å². The molecule has 0 aromatic heterocycles. The monoisotopic (exact) mass is 242 g/mol. The number of amides is 1. The first-order chi connectivity index (χ1) is 7.40. The maximum Gasteiger partial charge on any atom is 0.406 e. The van der Waals surface area contributed by atoms with E-state index in [0.29, 0.717) is 6.42 Å². The van der Waals surface area contributed by atoms with Gasteiger partial charge in [-0.2, -0.15) is 13.2 Å². The van der Waals surface area contributed by atoms with Gasteiger partial charge in [-0.15, -0.1) is 0 Å². The molecule has 2 N–H and O–H groups in total. The number of carbonyl (C=O) groups is 1. The summed E-state index contributed by atoms with van der Waals surface area (Å²) in [7, 11) is 0. The Kier molecular flexibility index (Phi) is 7.07. The maximum atomic E-state index is 12.1. The van der Waals surface area contributed by atoms with Crippen LogP contribution in [0.4, 0.5) is 13.2 Å². The fourth-order valence-corrected chi connectivity index (χ4v) is 1.11. The van der Waals surface area contributed by atoms with Crippen LogP contribution in [0.15, 0.2) is 0 Å². The number of nitrogens with two attached hydrogens (primary N) is 1. The van der Waals surface area contributed by atoms with E-state index in [0.717, 1.165) is 4.90 Å². The molecule has 0 aliphatic carbocycles. The van der Waals surface area contributed by atoms with Gasteiger partial charge in [0, 0.05) is 13.1 Å². The number of alkyl halides is 3. The van der Waals surface area contributed by atoms with E-state index in [1.807, 2.05) is 0 Å². The summed E-state index contributed by atoms with van der Waals surface area (Å²) in [5.41, 5.74) is 5.12. The van der Waals surface area contributed by atoms with E-state index < -0.39 is 18.6 Å². The Balaban J connectivity index is 4.13. The minimum absolute atomic E-state index is 0.0737. The SMILES string of the molecule is CCCN(CC(F)(F)F)C(=O)COCCN. The van der Waals surface area contributed by atoms with Gasteiger partial charge >= 0.3 is 6.18 Å². The number of carbonyl (C=O) groups excluding carboxylic acids is 1. The van der Waals surface area contributed by atoms with Crippen LogP contribution in [0.25, 0.3) is 0 Å². The summed E-state index contributed by atoms with van der Waals surface area (Å²) in [5.74, 6) is -0.660. The molecule has 0 radical (unpaired) electrons. The molecular formula is C9H17F3N2O2. The van der Waals surface area contributed by atoms with E-state index in [4.69, 9.17) is 10.5 Å². The summed E-state index contributed by atoms with van der Waals surface area (Å²) in [6.07, 6.45) is -3.91. The molecule has 0 aliphatic rings. The zero-order chi connectivity index (χ0) is 12.6. The number of hydrogen-bond acceptors (Lipinski definition) is 3. The molecular weight excluding hydrogens is 225 g/mol. The molecule has 0 saturated carbocycles. The van der Waals surface area contributed by atoms with Crippen molar-refractivity contribution >= 4 is 5.91 Å². The lowest BCUT2D eigenvalue weighted by Crippen LogP contribution is -2.41. The van der Waals surface area contributed by atoms with Gasteiger partial charge in [0.1, 0.15) is 13.2 Å². The molecule has 0 rings (SSSR count). The summed E-state index contributed by atoms with van der Waals surface area (Å²) in [5, 5.41) is 0. The molecule has 0 aromatic carbocycles. The highest BCUT2D eigenvalue weighted by Gasteiger charge is 2.32. The Morgan fingerprint density at radius 2 is 2.06 bits per heavy atom. The Labute approximate surface area is 92.5 Å². The van der Waals surface area contributed by atoms with Crippen molar-refractivity contribution in [1.82, 2.24) is 4.90 Å². The largest absolute Gasteiger partial charge is 0.406 e. The van der Waals surface area contributed by atoms with Crippen LogP contribution >= 0.6 is 0 Å². The molecule has 7 heteroatoms. The first-order valence-corrected chi connectivity index (χ1v) is 5.03. The van der Waals surface area contributed by atoms with Gasteiger partial charge in [0.05, 0.1) is 6.61 Å². The maximum absolute atomic E-state index is 12.1. The van der Waals surface area contributed by atoms with Crippen LogP contribution in [0, 0.1) is 0 Å². The van der Waals surface area contributed by atoms with Crippen molar-refractivity contribution in [3.63, 3.8) is 0 Å². The smallest absolute Gasteiger partial charge is 0.370 e. The quantitative estimate of drug-likeness (QED) is 0.671. The average molecular weight is 242 g/mol. The first-order valence-electron chi connectivity index (χ1n) is 5.03. The van der Waals surface area contributed by atoms with Crippen molar-refractivity contribution in [3.8, 4) is 0 Å². The molecule has 0 atom stereocenters. The highest BCUT2D eigenvalue weighted by molar-refractivity contribution is 5.77. The second kappa shape index (κ2) is 7.45. The van der Waals surface area contributed by atoms with Gasteiger partial charge in [0.15, 0.2) is 0 Å². The van der Waals surface area contributed by atoms with Crippen molar-refractivity contribution in [1.29, 1.82) is 0 Å². The highest BCUT2D eigenvalue weighted by atomic mass is 19.4. The lowest BCUT2D eigenvalue weighted by molar-refractivity contribution is -0.163. The third-order valence-corrected chi connectivity index (χ3v) is 1.70. The summed E-state index contributed by atoms with van der Waals surface area (Å²) in [6, 6.07) is 0. The molecule has 0 aliphatic heterocycles. The molecule has 16 heavy (non-hydrogen) atoms. The molecule has 0 heterocycles. The highest BCUT2D eigenvalue weighted by Crippen LogP contribution is 2.16. The average Bonchev–Trinajstić information content (AvgIpc) is 2.15. The van der Waals surface area contributed by atoms with Crippen LogP contribution in [0.1, 0.15) is 13.3 Å². The predicted octanol–water partition coefficient (Wildman–Crippen LogP) is 0.763. The van der Waals surface area contributed by atoms with Gasteiger partial charge in [0.2, 0.25) is 5.91 Å². The van der Waals surface area contributed by atoms with Crippen LogP contribution in [0.5, 0.6) is 0 Å². The van der Waals surface area contributed by atoms with E-state index in [-0.39, 0.29) is 26.3 Å². The van der Waals surface area contributed by atoms with Crippen LogP contribution in [0.3, 0.4) is 0 Å². The lowest BCUT2D eigenvalue weighted by Gasteiger charge is -2.23. The van der Waals surface area contributed by atoms with E-state index >= 15 is 0 Å². The predicted molar refractivity (Wildman–Crippen MR) is 52.8 cm³/mol. The zero-order valence-corrected chi connectivity index (χ0v) is 9.22. The Morgan fingerprint density at radius 3 is 2.50 bits per heavy atom. The first kappa shape index (κ1) is 15.2. The van der Waals surface area contributed by atoms with Crippen LogP contribution in [0.2, 0.25) is 0 Å². The van der Waals surface area contributed by atoms with Gasteiger partial charge < -0.3 is 15.4 Å². The summed E-state index contributed by atoms with van der Waals surface area (Å²) < 4.78 is 41.2. The molecule has 1 amide bonds. The fraction of sp³-hybridized carbons (Fsp3) is 0.889. The van der Waals surface area contributed by atoms with Crippen molar-refractivity contribution in [2.24, 2.45) is 5.73 Å². The van der Waals surface area contributed by atoms with Gasteiger partial charge in [0.25, 0.3) is 0 Å². The van der Waals surface area contributed by atoms with Crippen molar-refractivity contribution in [2.75, 3.05) is 32.8 Å². The molecule has 0 spiro atoms. The molecule has 96 valence electrons. The molecule has 4 nitrogen and oxygen atoms in total. The minimum Gasteiger partial charge on any atom is -0.370 e. The standard InChI is InChI=1S/C9H17F3N2O2/c1-2-4-14(7-9(10,11)12)8(15)6-16-5-3-13/h2-7,13H2,1H3. The van der Waals surface area contributed by atoms with Gasteiger partial charge in [-0.3, -0.25) is 4.79 Å². The molecule has 0 saturated heterocycles. The third-order valence-electron chi connectivity index (χ3n) is 1.70. The van der Waals surface area contributed by atoms with E-state index in [2.05, 4.69) is 0 Å². The minimum atomic E-state index is -4.38. The topological polar surface area (TPSA) is 55.6 Å². The third kappa shape index (κ3) is 7.47. The van der Waals surface area contributed by atoms with Crippen LogP contribution < -0.4 is 5.73 Å². The fourth-order valence-electron chi connectivity index (χ4n) is 1.11. The zero-order valence-electron chi connectivity index (χ0n) is 9.22. The van der Waals surface area contributed by atoms with E-state index in [9.17, 15) is 18.0 Å². The van der Waals surface area contributed by atoms with Crippen molar-refractivity contribution in [3.05, 3.63) is 0 Å². The Morgan fingerprint density at radius 1 is 1.44 bits per heavy atom. The Bertz CT molecular complexity index is 209. The van der Waals surface area contributed by atoms with Gasteiger partial charge in [-0.1, -0.05) is 6.92 Å². The molecule has 0 aromatic rings. The molecule has 0 fully saturated rings. The van der Waals surface area contributed by atoms with Crippen molar-refractivity contribution in [2.45, 2.75) is 19.5 Å². The normalized spacial score (nSPS) is 11.6. The van der Waals surface area contributed by atoms with Crippen LogP contribution in [-0.4, -0.2) is 49.8 Å². The summed E-state index contributed by atoms with van der Waals surface area (Å²) in [4.78, 5) is 12.1. The van der Waals surface area contributed by atoms with Gasteiger partial charge in [-0.25, -0.2) is 0 Å². The number of ether oxygens (including phenoxy) is 1. The van der Waals surface area contributed by atoms with Gasteiger partial charge in [-0.05, 0) is 6.42 Å². The van der Waals surface area contributed by atoms with Crippen LogP contribution in [-0.2, 0) is 9.53 Å². The lowest BCUT2D eigenvalue weighted by atomic mass is 10.4. The number of nitrogens with zero attached hydrogens (tertiary/aromatic N) is 1.